The molecule has 0 aliphatic carbocycles. The van der Waals surface area contributed by atoms with Gasteiger partial charge in [-0.2, -0.15) is 4.31 Å². The van der Waals surface area contributed by atoms with E-state index in [-0.39, 0.29) is 0 Å². The zero-order chi connectivity index (χ0) is 23.3. The van der Waals surface area contributed by atoms with Gasteiger partial charge in [0.25, 0.3) is 0 Å². The van der Waals surface area contributed by atoms with E-state index in [2.05, 4.69) is 5.32 Å². The first-order valence-electron chi connectivity index (χ1n) is 9.59. The highest BCUT2D eigenvalue weighted by Crippen LogP contribution is 2.34. The number of anilines is 1. The van der Waals surface area contributed by atoms with Gasteiger partial charge in [0, 0.05) is 12.1 Å². The summed E-state index contributed by atoms with van der Waals surface area (Å²) < 4.78 is 36.5. The Hall–Kier alpha value is -3.07. The second kappa shape index (κ2) is 10.0. The molecule has 0 saturated carbocycles. The van der Waals surface area contributed by atoms with Crippen LogP contribution in [0, 0.1) is 0 Å². The number of benzene rings is 3. The molecule has 0 heterocycles. The van der Waals surface area contributed by atoms with Crippen LogP contribution < -0.4 is 14.8 Å². The summed E-state index contributed by atoms with van der Waals surface area (Å²) in [5, 5.41) is 3.15. The molecule has 0 aromatic heterocycles. The second-order valence-electron chi connectivity index (χ2n) is 7.00. The average molecular weight is 475 g/mol. The van der Waals surface area contributed by atoms with Crippen LogP contribution in [0.4, 0.5) is 5.69 Å². The van der Waals surface area contributed by atoms with Crippen LogP contribution in [0.5, 0.6) is 17.2 Å². The van der Waals surface area contributed by atoms with E-state index in [9.17, 15) is 13.2 Å². The molecule has 32 heavy (non-hydrogen) atoms. The minimum Gasteiger partial charge on any atom is -0.497 e. The van der Waals surface area contributed by atoms with Gasteiger partial charge in [0.15, 0.2) is 5.75 Å². The van der Waals surface area contributed by atoms with Crippen LogP contribution in [-0.4, -0.2) is 39.0 Å². The molecule has 3 rings (SSSR count). The normalized spacial score (nSPS) is 12.3. The number of nitrogens with one attached hydrogen (secondary N) is 1. The smallest absolute Gasteiger partial charge is 0.247 e. The molecule has 0 aliphatic rings. The summed E-state index contributed by atoms with van der Waals surface area (Å²) in [5.74, 6) is 1.00. The van der Waals surface area contributed by atoms with Crippen molar-refractivity contribution in [3.05, 3.63) is 83.4 Å². The summed E-state index contributed by atoms with van der Waals surface area (Å²) >= 11 is 6.14. The Kier molecular flexibility index (Phi) is 7.40. The maximum Gasteiger partial charge on any atom is 0.247 e. The lowest BCUT2D eigenvalue weighted by Gasteiger charge is -2.26. The SMILES string of the molecule is COc1ccc(Oc2ccc(Cl)cc2NC(=O)[C@H](c2ccccc2)N(C)S(C)(=O)=O)cc1. The van der Waals surface area contributed by atoms with Gasteiger partial charge in [0.2, 0.25) is 15.9 Å². The van der Waals surface area contributed by atoms with Crippen LogP contribution in [0.25, 0.3) is 0 Å². The third kappa shape index (κ3) is 5.79. The number of halogens is 1. The molecule has 1 atom stereocenters. The van der Waals surface area contributed by atoms with Crippen LogP contribution in [0.3, 0.4) is 0 Å². The summed E-state index contributed by atoms with van der Waals surface area (Å²) in [6, 6.07) is 19.3. The molecule has 3 aromatic carbocycles. The predicted molar refractivity (Wildman–Crippen MR) is 125 cm³/mol. The fourth-order valence-corrected chi connectivity index (χ4v) is 3.79. The van der Waals surface area contributed by atoms with Gasteiger partial charge in [-0.1, -0.05) is 41.9 Å². The molecule has 7 nitrogen and oxygen atoms in total. The van der Waals surface area contributed by atoms with Gasteiger partial charge >= 0.3 is 0 Å². The largest absolute Gasteiger partial charge is 0.497 e. The first kappa shape index (κ1) is 23.6. The van der Waals surface area contributed by atoms with Crippen molar-refractivity contribution in [3.8, 4) is 17.2 Å². The Balaban J connectivity index is 1.93. The number of hydrogen-bond donors (Lipinski definition) is 1. The number of amides is 1. The van der Waals surface area contributed by atoms with Crippen molar-refractivity contribution in [2.75, 3.05) is 25.7 Å². The monoisotopic (exact) mass is 474 g/mol. The summed E-state index contributed by atoms with van der Waals surface area (Å²) in [4.78, 5) is 13.3. The Morgan fingerprint density at radius 3 is 2.22 bits per heavy atom. The van der Waals surface area contributed by atoms with Crippen LogP contribution in [0.1, 0.15) is 11.6 Å². The number of rotatable bonds is 8. The number of sulfonamides is 1. The van der Waals surface area contributed by atoms with Crippen LogP contribution >= 0.6 is 11.6 Å². The molecule has 0 spiro atoms. The highest BCUT2D eigenvalue weighted by molar-refractivity contribution is 7.88. The molecule has 168 valence electrons. The van der Waals surface area contributed by atoms with Crippen LogP contribution in [0.15, 0.2) is 72.8 Å². The Labute approximate surface area is 192 Å². The Morgan fingerprint density at radius 2 is 1.62 bits per heavy atom. The highest BCUT2D eigenvalue weighted by atomic mass is 35.5. The molecule has 0 bridgehead atoms. The minimum atomic E-state index is -3.66. The topological polar surface area (TPSA) is 84.9 Å². The van der Waals surface area contributed by atoms with E-state index in [1.165, 1.54) is 7.05 Å². The van der Waals surface area contributed by atoms with E-state index < -0.39 is 22.0 Å². The van der Waals surface area contributed by atoms with Crippen molar-refractivity contribution in [2.45, 2.75) is 6.04 Å². The quantitative estimate of drug-likeness (QED) is 0.511. The van der Waals surface area contributed by atoms with Crippen molar-refractivity contribution in [1.82, 2.24) is 4.31 Å². The molecule has 0 aliphatic heterocycles. The van der Waals surface area contributed by atoms with Gasteiger partial charge < -0.3 is 14.8 Å². The van der Waals surface area contributed by atoms with E-state index in [1.54, 1.807) is 79.9 Å². The van der Waals surface area contributed by atoms with Crippen LogP contribution in [0.2, 0.25) is 5.02 Å². The van der Waals surface area contributed by atoms with Gasteiger partial charge in [-0.25, -0.2) is 8.42 Å². The van der Waals surface area contributed by atoms with Gasteiger partial charge in [0.1, 0.15) is 17.5 Å². The number of carbonyl (C=O) groups excluding carboxylic acids is 1. The van der Waals surface area contributed by atoms with Gasteiger partial charge in [-0.15, -0.1) is 0 Å². The molecule has 0 fully saturated rings. The number of ether oxygens (including phenoxy) is 2. The molecular formula is C23H23ClN2O5S. The number of methoxy groups -OCH3 is 1. The number of carbonyl (C=O) groups is 1. The molecule has 1 N–H and O–H groups in total. The molecular weight excluding hydrogens is 452 g/mol. The van der Waals surface area contributed by atoms with Crippen molar-refractivity contribution in [3.63, 3.8) is 0 Å². The lowest BCUT2D eigenvalue weighted by atomic mass is 10.1. The second-order valence-corrected chi connectivity index (χ2v) is 9.48. The lowest BCUT2D eigenvalue weighted by Crippen LogP contribution is -2.38. The van der Waals surface area contributed by atoms with Crippen molar-refractivity contribution >= 4 is 33.2 Å². The Morgan fingerprint density at radius 1 is 1.00 bits per heavy atom. The van der Waals surface area contributed by atoms with E-state index in [0.29, 0.717) is 33.5 Å². The minimum absolute atomic E-state index is 0.307. The van der Waals surface area contributed by atoms with E-state index in [1.807, 2.05) is 0 Å². The Bertz CT molecular complexity index is 1180. The molecule has 9 heteroatoms. The summed E-state index contributed by atoms with van der Waals surface area (Å²) in [6.45, 7) is 0. The van der Waals surface area contributed by atoms with Crippen molar-refractivity contribution < 1.29 is 22.7 Å². The third-order valence-electron chi connectivity index (χ3n) is 4.74. The summed E-state index contributed by atoms with van der Waals surface area (Å²) in [6.07, 6.45) is 1.05. The van der Waals surface area contributed by atoms with Crippen LogP contribution in [-0.2, 0) is 14.8 Å². The van der Waals surface area contributed by atoms with Crippen molar-refractivity contribution in [1.29, 1.82) is 0 Å². The predicted octanol–water partition coefficient (Wildman–Crippen LogP) is 4.71. The first-order valence-corrected chi connectivity index (χ1v) is 11.8. The number of likely N-dealkylation sites (N-methyl/N-ethyl adjacent to an activating group) is 1. The van der Waals surface area contributed by atoms with E-state index >= 15 is 0 Å². The van der Waals surface area contributed by atoms with Gasteiger partial charge in [0.05, 0.1) is 19.1 Å². The maximum atomic E-state index is 13.3. The number of hydrogen-bond acceptors (Lipinski definition) is 5. The zero-order valence-electron chi connectivity index (χ0n) is 17.8. The van der Waals surface area contributed by atoms with E-state index in [0.717, 1.165) is 10.6 Å². The average Bonchev–Trinajstić information content (AvgIpc) is 2.76. The molecule has 3 aromatic rings. The standard InChI is InChI=1S/C23H23ClN2O5S/c1-26(32(3,28)29)22(16-7-5-4-6-8-16)23(27)25-20-15-17(24)9-14-21(20)31-19-12-10-18(30-2)11-13-19/h4-15,22H,1-3H3,(H,25,27)/t22-/m0/s1. The summed E-state index contributed by atoms with van der Waals surface area (Å²) in [5.41, 5.74) is 0.832. The fourth-order valence-electron chi connectivity index (χ4n) is 3.01. The fraction of sp³-hybridized carbons (Fsp3) is 0.174. The summed E-state index contributed by atoms with van der Waals surface area (Å²) in [7, 11) is -0.728. The third-order valence-corrected chi connectivity index (χ3v) is 6.23. The first-order chi connectivity index (χ1) is 15.2. The maximum absolute atomic E-state index is 13.3. The zero-order valence-corrected chi connectivity index (χ0v) is 19.4. The van der Waals surface area contributed by atoms with Gasteiger partial charge in [-0.3, -0.25) is 4.79 Å². The molecule has 1 amide bonds. The highest BCUT2D eigenvalue weighted by Gasteiger charge is 2.31. The molecule has 0 saturated heterocycles. The van der Waals surface area contributed by atoms with Gasteiger partial charge in [-0.05, 0) is 48.0 Å². The lowest BCUT2D eigenvalue weighted by molar-refractivity contribution is -0.119. The van der Waals surface area contributed by atoms with Crippen molar-refractivity contribution in [2.24, 2.45) is 0 Å². The molecule has 0 radical (unpaired) electrons. The number of nitrogens with zero attached hydrogens (tertiary/aromatic N) is 1. The molecule has 0 unspecified atom stereocenters. The van der Waals surface area contributed by atoms with E-state index in [4.69, 9.17) is 21.1 Å².